The highest BCUT2D eigenvalue weighted by atomic mass is 32.1. The number of nitrogens with two attached hydrogens (primary N) is 2. The van der Waals surface area contributed by atoms with Gasteiger partial charge in [0, 0.05) is 20.2 Å². The van der Waals surface area contributed by atoms with Gasteiger partial charge in [-0.25, -0.2) is 0 Å². The summed E-state index contributed by atoms with van der Waals surface area (Å²) in [6.07, 6.45) is 0. The minimum atomic E-state index is 0.658. The van der Waals surface area contributed by atoms with Crippen molar-refractivity contribution in [2.24, 2.45) is 0 Å². The first-order chi connectivity index (χ1) is 7.27. The predicted octanol–water partition coefficient (Wildman–Crippen LogP) is 3.22. The quantitative estimate of drug-likeness (QED) is 0.564. The van der Waals surface area contributed by atoms with Gasteiger partial charge >= 0.3 is 0 Å². The van der Waals surface area contributed by atoms with Crippen LogP contribution >= 0.6 is 11.3 Å². The van der Waals surface area contributed by atoms with Gasteiger partial charge in [-0.1, -0.05) is 18.2 Å². The molecule has 3 aromatic rings. The van der Waals surface area contributed by atoms with Crippen molar-refractivity contribution in [1.82, 2.24) is 0 Å². The summed E-state index contributed by atoms with van der Waals surface area (Å²) in [5.41, 5.74) is 13.2. The van der Waals surface area contributed by atoms with E-state index in [1.165, 1.54) is 14.8 Å². The molecule has 2 nitrogen and oxygen atoms in total. The maximum Gasteiger partial charge on any atom is 0.0642 e. The van der Waals surface area contributed by atoms with Crippen LogP contribution < -0.4 is 11.5 Å². The molecular formula is C12H10N2S. The van der Waals surface area contributed by atoms with Crippen LogP contribution in [0.5, 0.6) is 0 Å². The molecule has 0 saturated carbocycles. The molecule has 2 aromatic carbocycles. The molecule has 3 heteroatoms. The van der Waals surface area contributed by atoms with E-state index in [1.807, 2.05) is 24.3 Å². The number of anilines is 2. The Labute approximate surface area is 91.1 Å². The largest absolute Gasteiger partial charge is 0.397 e. The van der Waals surface area contributed by atoms with Gasteiger partial charge in [0.05, 0.1) is 11.4 Å². The molecule has 4 N–H and O–H groups in total. The first-order valence-corrected chi connectivity index (χ1v) is 5.54. The highest BCUT2D eigenvalue weighted by Gasteiger charge is 2.08. The molecule has 0 aliphatic rings. The fourth-order valence-corrected chi connectivity index (χ4v) is 2.98. The zero-order chi connectivity index (χ0) is 10.4. The minimum absolute atomic E-state index is 0.658. The second-order valence-corrected chi connectivity index (χ2v) is 4.62. The van der Waals surface area contributed by atoms with Crippen LogP contribution in [-0.2, 0) is 0 Å². The topological polar surface area (TPSA) is 52.0 Å². The number of rotatable bonds is 0. The predicted molar refractivity (Wildman–Crippen MR) is 68.2 cm³/mol. The van der Waals surface area contributed by atoms with Gasteiger partial charge in [-0.15, -0.1) is 11.3 Å². The zero-order valence-corrected chi connectivity index (χ0v) is 8.84. The molecule has 0 spiro atoms. The number of benzene rings is 2. The van der Waals surface area contributed by atoms with E-state index in [0.717, 1.165) is 5.39 Å². The van der Waals surface area contributed by atoms with Crippen molar-refractivity contribution in [1.29, 1.82) is 0 Å². The van der Waals surface area contributed by atoms with Crippen LogP contribution in [0.1, 0.15) is 0 Å². The van der Waals surface area contributed by atoms with Gasteiger partial charge in [0.25, 0.3) is 0 Å². The number of nitrogen functional groups attached to an aromatic ring is 2. The minimum Gasteiger partial charge on any atom is -0.397 e. The Kier molecular flexibility index (Phi) is 1.64. The molecule has 0 radical (unpaired) electrons. The van der Waals surface area contributed by atoms with E-state index in [2.05, 4.69) is 12.1 Å². The van der Waals surface area contributed by atoms with Crippen LogP contribution in [0.3, 0.4) is 0 Å². The SMILES string of the molecule is Nc1ccc2sc3ccccc3c2c1N. The van der Waals surface area contributed by atoms with E-state index in [0.29, 0.717) is 11.4 Å². The normalized spacial score (nSPS) is 11.2. The molecule has 0 bridgehead atoms. The van der Waals surface area contributed by atoms with Crippen molar-refractivity contribution < 1.29 is 0 Å². The van der Waals surface area contributed by atoms with Gasteiger partial charge in [-0.3, -0.25) is 0 Å². The fourth-order valence-electron chi connectivity index (χ4n) is 1.86. The lowest BCUT2D eigenvalue weighted by Gasteiger charge is -2.01. The summed E-state index contributed by atoms with van der Waals surface area (Å²) < 4.78 is 2.45. The van der Waals surface area contributed by atoms with E-state index in [9.17, 15) is 0 Å². The molecular weight excluding hydrogens is 204 g/mol. The lowest BCUT2D eigenvalue weighted by Crippen LogP contribution is -1.93. The van der Waals surface area contributed by atoms with Crippen molar-refractivity contribution in [2.45, 2.75) is 0 Å². The Morgan fingerprint density at radius 1 is 0.867 bits per heavy atom. The summed E-state index contributed by atoms with van der Waals surface area (Å²) in [5, 5.41) is 2.29. The molecule has 3 rings (SSSR count). The Hall–Kier alpha value is -1.74. The van der Waals surface area contributed by atoms with Gasteiger partial charge in [-0.2, -0.15) is 0 Å². The third-order valence-corrected chi connectivity index (χ3v) is 3.75. The van der Waals surface area contributed by atoms with Gasteiger partial charge in [0.2, 0.25) is 0 Å². The molecule has 0 aliphatic carbocycles. The highest BCUT2D eigenvalue weighted by molar-refractivity contribution is 7.26. The Morgan fingerprint density at radius 3 is 2.53 bits per heavy atom. The third kappa shape index (κ3) is 1.10. The van der Waals surface area contributed by atoms with Crippen molar-refractivity contribution in [3.05, 3.63) is 36.4 Å². The average molecular weight is 214 g/mol. The summed E-state index contributed by atoms with van der Waals surface area (Å²) in [6, 6.07) is 12.2. The van der Waals surface area contributed by atoms with Crippen molar-refractivity contribution in [3.63, 3.8) is 0 Å². The van der Waals surface area contributed by atoms with Crippen LogP contribution in [0.25, 0.3) is 20.2 Å². The second kappa shape index (κ2) is 2.87. The van der Waals surface area contributed by atoms with Gasteiger partial charge < -0.3 is 11.5 Å². The van der Waals surface area contributed by atoms with Crippen molar-refractivity contribution in [2.75, 3.05) is 11.5 Å². The summed E-state index contributed by atoms with van der Waals surface area (Å²) in [4.78, 5) is 0. The van der Waals surface area contributed by atoms with Crippen LogP contribution in [0, 0.1) is 0 Å². The van der Waals surface area contributed by atoms with E-state index in [-0.39, 0.29) is 0 Å². The van der Waals surface area contributed by atoms with Crippen LogP contribution in [0.15, 0.2) is 36.4 Å². The summed E-state index contributed by atoms with van der Waals surface area (Å²) >= 11 is 1.75. The first kappa shape index (κ1) is 8.56. The summed E-state index contributed by atoms with van der Waals surface area (Å²) in [5.74, 6) is 0. The maximum atomic E-state index is 6.01. The summed E-state index contributed by atoms with van der Waals surface area (Å²) in [7, 11) is 0. The fraction of sp³-hybridized carbons (Fsp3) is 0. The van der Waals surface area contributed by atoms with E-state index in [1.54, 1.807) is 11.3 Å². The van der Waals surface area contributed by atoms with Crippen LogP contribution in [-0.4, -0.2) is 0 Å². The van der Waals surface area contributed by atoms with Crippen molar-refractivity contribution in [3.8, 4) is 0 Å². The summed E-state index contributed by atoms with van der Waals surface area (Å²) in [6.45, 7) is 0. The van der Waals surface area contributed by atoms with Crippen LogP contribution in [0.2, 0.25) is 0 Å². The Bertz CT molecular complexity index is 655. The molecule has 1 heterocycles. The van der Waals surface area contributed by atoms with Crippen molar-refractivity contribution >= 4 is 42.9 Å². The first-order valence-electron chi connectivity index (χ1n) is 4.72. The monoisotopic (exact) mass is 214 g/mol. The zero-order valence-electron chi connectivity index (χ0n) is 8.03. The maximum absolute atomic E-state index is 6.01. The van der Waals surface area contributed by atoms with Gasteiger partial charge in [0.1, 0.15) is 0 Å². The molecule has 0 saturated heterocycles. The van der Waals surface area contributed by atoms with E-state index < -0.39 is 0 Å². The standard InChI is InChI=1S/C12H10N2S/c13-8-5-6-10-11(12(8)14)7-3-1-2-4-9(7)15-10/h1-6H,13-14H2. The lowest BCUT2D eigenvalue weighted by atomic mass is 10.1. The lowest BCUT2D eigenvalue weighted by molar-refractivity contribution is 1.76. The van der Waals surface area contributed by atoms with E-state index >= 15 is 0 Å². The second-order valence-electron chi connectivity index (χ2n) is 3.54. The number of fused-ring (bicyclic) bond motifs is 3. The average Bonchev–Trinajstić information content (AvgIpc) is 2.62. The van der Waals surface area contributed by atoms with E-state index in [4.69, 9.17) is 11.5 Å². The molecule has 74 valence electrons. The van der Waals surface area contributed by atoms with Gasteiger partial charge in [0.15, 0.2) is 0 Å². The Morgan fingerprint density at radius 2 is 1.67 bits per heavy atom. The Balaban J connectivity index is 2.63. The molecule has 15 heavy (non-hydrogen) atoms. The third-order valence-electron chi connectivity index (χ3n) is 2.62. The molecule has 1 aromatic heterocycles. The smallest absolute Gasteiger partial charge is 0.0642 e. The van der Waals surface area contributed by atoms with Crippen LogP contribution in [0.4, 0.5) is 11.4 Å². The molecule has 0 amide bonds. The number of hydrogen-bond donors (Lipinski definition) is 2. The molecule has 0 unspecified atom stereocenters. The highest BCUT2D eigenvalue weighted by Crippen LogP contribution is 2.39. The number of hydrogen-bond acceptors (Lipinski definition) is 3. The number of thiophene rings is 1. The molecule has 0 fully saturated rings. The molecule has 0 aliphatic heterocycles. The molecule has 0 atom stereocenters. The van der Waals surface area contributed by atoms with Gasteiger partial charge in [-0.05, 0) is 18.2 Å².